The van der Waals surface area contributed by atoms with E-state index < -0.39 is 60.2 Å². The molecule has 0 unspecified atom stereocenters. The van der Waals surface area contributed by atoms with Gasteiger partial charge in [0.25, 0.3) is 0 Å². The number of carbonyl (C=O) groups excluding carboxylic acids is 3. The summed E-state index contributed by atoms with van der Waals surface area (Å²) in [5.74, 6) is -2.55. The van der Waals surface area contributed by atoms with Crippen molar-refractivity contribution in [3.05, 3.63) is 60.4 Å². The number of aliphatic carboxylic acids is 1. The number of pyridine rings is 1. The number of carbonyl (C=O) groups is 4. The maximum absolute atomic E-state index is 15.2. The Kier molecular flexibility index (Phi) is 9.62. The van der Waals surface area contributed by atoms with Crippen LogP contribution in [0.5, 0.6) is 0 Å². The number of hydrogen-bond donors (Lipinski definition) is 3. The van der Waals surface area contributed by atoms with Crippen LogP contribution in [-0.2, 0) is 30.4 Å². The highest BCUT2D eigenvalue weighted by molar-refractivity contribution is 6.00. The number of benzene rings is 1. The fourth-order valence-electron chi connectivity index (χ4n) is 4.86. The lowest BCUT2D eigenvalue weighted by molar-refractivity contribution is -0.140. The summed E-state index contributed by atoms with van der Waals surface area (Å²) in [7, 11) is 0. The van der Waals surface area contributed by atoms with Crippen molar-refractivity contribution in [2.75, 3.05) is 18.0 Å². The Labute approximate surface area is 267 Å². The first-order valence-corrected chi connectivity index (χ1v) is 14.6. The Morgan fingerprint density at radius 1 is 1.19 bits per heavy atom. The van der Waals surface area contributed by atoms with E-state index in [0.717, 1.165) is 0 Å². The van der Waals surface area contributed by atoms with Gasteiger partial charge in [0.1, 0.15) is 29.3 Å². The van der Waals surface area contributed by atoms with Crippen LogP contribution in [0.15, 0.2) is 54.1 Å². The van der Waals surface area contributed by atoms with Crippen LogP contribution in [0, 0.1) is 5.82 Å². The summed E-state index contributed by atoms with van der Waals surface area (Å²) in [4.78, 5) is 59.6. The molecule has 0 bridgehead atoms. The number of hydrogen-bond acceptors (Lipinski definition) is 11. The summed E-state index contributed by atoms with van der Waals surface area (Å²) in [5.41, 5.74) is 1.27. The Hall–Kier alpha value is -5.61. The molecular weight excluding hydrogens is 619 g/mol. The summed E-state index contributed by atoms with van der Waals surface area (Å²) < 4.78 is 27.3. The maximum atomic E-state index is 15.2. The number of oxime groups is 1. The van der Waals surface area contributed by atoms with Crippen LogP contribution in [0.25, 0.3) is 11.1 Å². The van der Waals surface area contributed by atoms with E-state index in [4.69, 9.17) is 14.3 Å². The number of anilines is 1. The molecule has 3 atom stereocenters. The number of nitrogens with zero attached hydrogens (tertiary/aromatic N) is 6. The van der Waals surface area contributed by atoms with E-state index in [2.05, 4.69) is 31.1 Å². The van der Waals surface area contributed by atoms with E-state index in [9.17, 15) is 24.3 Å². The Morgan fingerprint density at radius 3 is 2.66 bits per heavy atom. The zero-order chi connectivity index (χ0) is 33.7. The van der Waals surface area contributed by atoms with Crippen molar-refractivity contribution in [1.29, 1.82) is 0 Å². The number of rotatable bonds is 11. The highest BCUT2D eigenvalue weighted by Crippen LogP contribution is 2.29. The molecule has 47 heavy (non-hydrogen) atoms. The van der Waals surface area contributed by atoms with E-state index in [1.54, 1.807) is 55.9 Å². The number of aromatic nitrogens is 4. The van der Waals surface area contributed by atoms with Crippen molar-refractivity contribution < 1.29 is 43.0 Å². The van der Waals surface area contributed by atoms with Gasteiger partial charge in [0.15, 0.2) is 6.10 Å². The first-order chi connectivity index (χ1) is 22.3. The van der Waals surface area contributed by atoms with Crippen molar-refractivity contribution in [1.82, 2.24) is 30.6 Å². The lowest BCUT2D eigenvalue weighted by atomic mass is 10.0. The second-order valence-electron chi connectivity index (χ2n) is 11.8. The summed E-state index contributed by atoms with van der Waals surface area (Å²) in [5, 5.41) is 25.7. The molecule has 0 saturated carbocycles. The number of nitrogens with one attached hydrogen (secondary N) is 2. The molecule has 3 N–H and O–H groups in total. The fourth-order valence-corrected chi connectivity index (χ4v) is 4.86. The van der Waals surface area contributed by atoms with Crippen LogP contribution in [-0.4, -0.2) is 91.8 Å². The van der Waals surface area contributed by atoms with Crippen molar-refractivity contribution in [3.63, 3.8) is 0 Å². The van der Waals surface area contributed by atoms with Crippen LogP contribution in [0.3, 0.4) is 0 Å². The molecule has 1 aromatic carbocycles. The van der Waals surface area contributed by atoms with E-state index in [1.807, 2.05) is 0 Å². The van der Waals surface area contributed by atoms with Crippen LogP contribution >= 0.6 is 0 Å². The van der Waals surface area contributed by atoms with Gasteiger partial charge in [-0.3, -0.25) is 19.5 Å². The van der Waals surface area contributed by atoms with Gasteiger partial charge < -0.3 is 30.1 Å². The summed E-state index contributed by atoms with van der Waals surface area (Å²) in [6.45, 7) is 5.46. The van der Waals surface area contributed by atoms with Gasteiger partial charge in [0, 0.05) is 29.9 Å². The van der Waals surface area contributed by atoms with Crippen LogP contribution in [0.1, 0.15) is 39.3 Å². The highest BCUT2D eigenvalue weighted by Gasteiger charge is 2.33. The molecule has 2 aliphatic heterocycles. The zero-order valence-electron chi connectivity index (χ0n) is 25.8. The minimum absolute atomic E-state index is 0.0145. The molecule has 0 aliphatic carbocycles. The predicted molar refractivity (Wildman–Crippen MR) is 162 cm³/mol. The average molecular weight is 653 g/mol. The second-order valence-corrected chi connectivity index (χ2v) is 11.8. The van der Waals surface area contributed by atoms with Crippen LogP contribution in [0.4, 0.5) is 19.7 Å². The molecule has 3 aromatic rings. The van der Waals surface area contributed by atoms with Gasteiger partial charge in [-0.25, -0.2) is 18.7 Å². The minimum Gasteiger partial charge on any atom is -0.481 e. The number of halogens is 1. The quantitative estimate of drug-likeness (QED) is 0.275. The van der Waals surface area contributed by atoms with Gasteiger partial charge in [-0.15, -0.1) is 5.10 Å². The first-order valence-electron chi connectivity index (χ1n) is 14.6. The number of ether oxygens (including phenoxy) is 2. The number of amides is 3. The van der Waals surface area contributed by atoms with E-state index in [-0.39, 0.29) is 25.1 Å². The molecule has 0 radical (unpaired) electrons. The van der Waals surface area contributed by atoms with Crippen molar-refractivity contribution in [2.24, 2.45) is 5.16 Å². The van der Waals surface area contributed by atoms with Gasteiger partial charge in [-0.1, -0.05) is 16.4 Å². The number of alkyl carbamates (subject to hydrolysis) is 1. The minimum atomic E-state index is -1.36. The van der Waals surface area contributed by atoms with Crippen molar-refractivity contribution >= 4 is 35.5 Å². The van der Waals surface area contributed by atoms with Crippen LogP contribution in [0.2, 0.25) is 0 Å². The third-order valence-corrected chi connectivity index (χ3v) is 6.99. The van der Waals surface area contributed by atoms with Gasteiger partial charge in [0.05, 0.1) is 43.6 Å². The van der Waals surface area contributed by atoms with E-state index in [1.165, 1.54) is 23.4 Å². The van der Waals surface area contributed by atoms with Gasteiger partial charge in [-0.05, 0) is 45.0 Å². The largest absolute Gasteiger partial charge is 0.481 e. The molecule has 1 saturated heterocycles. The van der Waals surface area contributed by atoms with Gasteiger partial charge in [0.2, 0.25) is 5.91 Å². The summed E-state index contributed by atoms with van der Waals surface area (Å²) in [6.07, 6.45) is 1.78. The fraction of sp³-hybridized carbons (Fsp3) is 0.400. The molecule has 16 nitrogen and oxygen atoms in total. The van der Waals surface area contributed by atoms with Crippen molar-refractivity contribution in [2.45, 2.75) is 64.0 Å². The predicted octanol–water partition coefficient (Wildman–Crippen LogP) is 2.48. The third-order valence-electron chi connectivity index (χ3n) is 6.99. The lowest BCUT2D eigenvalue weighted by Crippen LogP contribution is -2.50. The normalized spacial score (nSPS) is 18.2. The van der Waals surface area contributed by atoms with Crippen molar-refractivity contribution in [3.8, 4) is 11.1 Å². The lowest BCUT2D eigenvalue weighted by Gasteiger charge is -2.23. The molecule has 2 aliphatic rings. The third kappa shape index (κ3) is 8.56. The standard InChI is InChI=1S/C30H33FN8O8/c1-30(2,3)46-28(43)35-25(12-26(40)41)27(42)33-14-19-11-24(36-47-19)23-7-4-17(13-32-23)21-6-5-18(10-22(21)31)39-16-20(45-29(39)44)15-38-9-8-34-37-38/h4-10,13,19-20,25H,11-12,14-16H2,1-3H3,(H,33,42)(H,35,43)(H,40,41)/t19-,20-,25-/m0/s1. The van der Waals surface area contributed by atoms with Gasteiger partial charge in [-0.2, -0.15) is 0 Å². The highest BCUT2D eigenvalue weighted by atomic mass is 19.1. The average Bonchev–Trinajstić information content (AvgIpc) is 3.77. The Bertz CT molecular complexity index is 1660. The summed E-state index contributed by atoms with van der Waals surface area (Å²) >= 11 is 0. The molecular formula is C30H33FN8O8. The molecule has 5 rings (SSSR count). The SMILES string of the molecule is CC(C)(C)OC(=O)N[C@@H](CC(=O)O)C(=O)NC[C@@H]1CC(c2ccc(-c3ccc(N4C[C@H](Cn5ccnn5)OC4=O)cc3F)cn2)=NO1. The van der Waals surface area contributed by atoms with Crippen LogP contribution < -0.4 is 15.5 Å². The maximum Gasteiger partial charge on any atom is 0.414 e. The van der Waals surface area contributed by atoms with E-state index in [0.29, 0.717) is 29.2 Å². The Morgan fingerprint density at radius 2 is 2.00 bits per heavy atom. The van der Waals surface area contributed by atoms with Gasteiger partial charge >= 0.3 is 18.2 Å². The molecule has 1 fully saturated rings. The molecule has 0 spiro atoms. The first kappa shape index (κ1) is 32.8. The topological polar surface area (TPSA) is 199 Å². The number of cyclic esters (lactones) is 1. The molecule has 3 amide bonds. The summed E-state index contributed by atoms with van der Waals surface area (Å²) in [6, 6.07) is 6.42. The van der Waals surface area contributed by atoms with E-state index >= 15 is 4.39 Å². The molecule has 248 valence electrons. The molecule has 17 heteroatoms. The zero-order valence-corrected chi connectivity index (χ0v) is 25.8. The monoisotopic (exact) mass is 652 g/mol. The smallest absolute Gasteiger partial charge is 0.414 e. The second kappa shape index (κ2) is 13.8. The molecule has 2 aromatic heterocycles. The molecule has 4 heterocycles. The number of carboxylic acid groups (broad SMARTS) is 1. The number of carboxylic acids is 1. The Balaban J connectivity index is 1.14.